The molecule has 0 aromatic heterocycles. The highest BCUT2D eigenvalue weighted by atomic mass is 19.1. The molecule has 6 heteroatoms. The van der Waals surface area contributed by atoms with Crippen molar-refractivity contribution in [1.82, 2.24) is 5.32 Å². The van der Waals surface area contributed by atoms with E-state index in [1.54, 1.807) is 0 Å². The summed E-state index contributed by atoms with van der Waals surface area (Å²) >= 11 is 0. The Morgan fingerprint density at radius 1 is 1.42 bits per heavy atom. The average Bonchev–Trinajstić information content (AvgIpc) is 2.41. The number of rotatable bonds is 7. The van der Waals surface area contributed by atoms with Gasteiger partial charge in [-0.3, -0.25) is 4.79 Å². The minimum Gasteiger partial charge on any atom is -0.488 e. The van der Waals surface area contributed by atoms with Gasteiger partial charge in [0.15, 0.2) is 11.6 Å². The molecule has 19 heavy (non-hydrogen) atoms. The van der Waals surface area contributed by atoms with Crippen molar-refractivity contribution in [3.05, 3.63) is 29.8 Å². The zero-order valence-corrected chi connectivity index (χ0v) is 10.9. The molecule has 0 aliphatic carbocycles. The van der Waals surface area contributed by atoms with Crippen molar-refractivity contribution in [3.8, 4) is 5.75 Å². The van der Waals surface area contributed by atoms with E-state index in [2.05, 4.69) is 10.1 Å². The number of nitrogens with one attached hydrogen (secondary N) is 1. The summed E-state index contributed by atoms with van der Waals surface area (Å²) in [6.45, 7) is 2.40. The van der Waals surface area contributed by atoms with Crippen molar-refractivity contribution in [2.24, 2.45) is 0 Å². The van der Waals surface area contributed by atoms with Crippen molar-refractivity contribution in [3.63, 3.8) is 0 Å². The minimum absolute atomic E-state index is 0.132. The molecular weight excluding hydrogens is 256 g/mol. The monoisotopic (exact) mass is 273 g/mol. The molecule has 0 saturated carbocycles. The van der Waals surface area contributed by atoms with Gasteiger partial charge in [0.2, 0.25) is 0 Å². The average molecular weight is 273 g/mol. The lowest BCUT2D eigenvalue weighted by Crippen LogP contribution is -2.42. The lowest BCUT2D eigenvalue weighted by Gasteiger charge is -2.17. The Morgan fingerprint density at radius 2 is 2.16 bits per heavy atom. The van der Waals surface area contributed by atoms with E-state index in [0.717, 1.165) is 24.6 Å². The fourth-order valence-electron chi connectivity index (χ4n) is 1.43. The summed E-state index contributed by atoms with van der Waals surface area (Å²) in [7, 11) is 1.26. The first-order valence-electron chi connectivity index (χ1n) is 5.97. The SMILES string of the molecule is CCCNC(COc1cc(F)ccc1F)C(=O)OC. The molecule has 1 aromatic carbocycles. The molecular formula is C13H17F2NO3. The zero-order valence-electron chi connectivity index (χ0n) is 10.9. The second kappa shape index (κ2) is 7.68. The maximum absolute atomic E-state index is 13.3. The second-order valence-corrected chi connectivity index (χ2v) is 3.92. The van der Waals surface area contributed by atoms with Gasteiger partial charge in [-0.05, 0) is 25.1 Å². The van der Waals surface area contributed by atoms with Gasteiger partial charge in [0.25, 0.3) is 0 Å². The number of halogens is 2. The van der Waals surface area contributed by atoms with Gasteiger partial charge in [-0.2, -0.15) is 0 Å². The van der Waals surface area contributed by atoms with Crippen LogP contribution in [0.4, 0.5) is 8.78 Å². The summed E-state index contributed by atoms with van der Waals surface area (Å²) < 4.78 is 36.0. The van der Waals surface area contributed by atoms with Crippen LogP contribution in [0.25, 0.3) is 0 Å². The summed E-state index contributed by atoms with van der Waals surface area (Å²) in [6, 6.07) is 2.18. The molecule has 0 radical (unpaired) electrons. The minimum atomic E-state index is -0.715. The van der Waals surface area contributed by atoms with E-state index in [1.807, 2.05) is 6.92 Å². The Bertz CT molecular complexity index is 426. The molecule has 0 spiro atoms. The zero-order chi connectivity index (χ0) is 14.3. The molecule has 0 aliphatic heterocycles. The van der Waals surface area contributed by atoms with Crippen LogP contribution in [-0.4, -0.2) is 32.3 Å². The van der Waals surface area contributed by atoms with Gasteiger partial charge in [0, 0.05) is 6.07 Å². The molecule has 0 saturated heterocycles. The van der Waals surface area contributed by atoms with Crippen molar-refractivity contribution in [2.45, 2.75) is 19.4 Å². The summed E-state index contributed by atoms with van der Waals surface area (Å²) in [4.78, 5) is 11.5. The third-order valence-corrected chi connectivity index (χ3v) is 2.43. The molecule has 1 atom stereocenters. The van der Waals surface area contributed by atoms with Crippen molar-refractivity contribution in [1.29, 1.82) is 0 Å². The van der Waals surface area contributed by atoms with Crippen LogP contribution in [-0.2, 0) is 9.53 Å². The molecule has 0 bridgehead atoms. The lowest BCUT2D eigenvalue weighted by molar-refractivity contribution is -0.143. The van der Waals surface area contributed by atoms with Crippen LogP contribution >= 0.6 is 0 Å². The van der Waals surface area contributed by atoms with Gasteiger partial charge in [0.1, 0.15) is 18.5 Å². The molecule has 106 valence electrons. The van der Waals surface area contributed by atoms with E-state index >= 15 is 0 Å². The highest BCUT2D eigenvalue weighted by molar-refractivity contribution is 5.75. The van der Waals surface area contributed by atoms with E-state index < -0.39 is 23.6 Å². The first-order valence-corrected chi connectivity index (χ1v) is 5.97. The van der Waals surface area contributed by atoms with Gasteiger partial charge in [-0.1, -0.05) is 6.92 Å². The number of benzene rings is 1. The normalized spacial score (nSPS) is 12.0. The van der Waals surface area contributed by atoms with E-state index in [1.165, 1.54) is 7.11 Å². The van der Waals surface area contributed by atoms with Crippen LogP contribution in [0.2, 0.25) is 0 Å². The first-order chi connectivity index (χ1) is 9.08. The van der Waals surface area contributed by atoms with Gasteiger partial charge in [0.05, 0.1) is 7.11 Å². The van der Waals surface area contributed by atoms with E-state index in [9.17, 15) is 13.6 Å². The number of hydrogen-bond donors (Lipinski definition) is 1. The van der Waals surface area contributed by atoms with E-state index in [0.29, 0.717) is 6.54 Å². The summed E-state index contributed by atoms with van der Waals surface area (Å²) in [6.07, 6.45) is 0.821. The maximum Gasteiger partial charge on any atom is 0.326 e. The van der Waals surface area contributed by atoms with Crippen LogP contribution in [0, 0.1) is 11.6 Å². The van der Waals surface area contributed by atoms with Crippen LogP contribution in [0.5, 0.6) is 5.75 Å². The Labute approximate surface area is 110 Å². The molecule has 1 aromatic rings. The van der Waals surface area contributed by atoms with Crippen LogP contribution in [0.15, 0.2) is 18.2 Å². The standard InChI is InChI=1S/C13H17F2NO3/c1-3-6-16-11(13(17)18-2)8-19-12-7-9(14)4-5-10(12)15/h4-5,7,11,16H,3,6,8H2,1-2H3. The number of esters is 1. The molecule has 0 aliphatic rings. The predicted octanol–water partition coefficient (Wildman–Crippen LogP) is 1.88. The third-order valence-electron chi connectivity index (χ3n) is 2.43. The Kier molecular flexibility index (Phi) is 6.21. The molecule has 1 N–H and O–H groups in total. The highest BCUT2D eigenvalue weighted by Gasteiger charge is 2.19. The van der Waals surface area contributed by atoms with Crippen molar-refractivity contribution >= 4 is 5.97 Å². The number of ether oxygens (including phenoxy) is 2. The molecule has 0 heterocycles. The van der Waals surface area contributed by atoms with Gasteiger partial charge >= 0.3 is 5.97 Å². The molecule has 4 nitrogen and oxygen atoms in total. The number of methoxy groups -OCH3 is 1. The summed E-state index contributed by atoms with van der Waals surface area (Å²) in [5.74, 6) is -2.02. The second-order valence-electron chi connectivity index (χ2n) is 3.92. The summed E-state index contributed by atoms with van der Waals surface area (Å²) in [5.41, 5.74) is 0. The fourth-order valence-corrected chi connectivity index (χ4v) is 1.43. The van der Waals surface area contributed by atoms with Gasteiger partial charge < -0.3 is 14.8 Å². The van der Waals surface area contributed by atoms with Crippen LogP contribution < -0.4 is 10.1 Å². The Hall–Kier alpha value is -1.69. The molecule has 1 rings (SSSR count). The van der Waals surface area contributed by atoms with Crippen LogP contribution in [0.3, 0.4) is 0 Å². The Morgan fingerprint density at radius 3 is 2.79 bits per heavy atom. The topological polar surface area (TPSA) is 47.6 Å². The smallest absolute Gasteiger partial charge is 0.326 e. The number of carbonyl (C=O) groups is 1. The van der Waals surface area contributed by atoms with Crippen molar-refractivity contribution in [2.75, 3.05) is 20.3 Å². The fraction of sp³-hybridized carbons (Fsp3) is 0.462. The molecule has 1 unspecified atom stereocenters. The van der Waals surface area contributed by atoms with E-state index in [4.69, 9.17) is 4.74 Å². The maximum atomic E-state index is 13.3. The number of hydrogen-bond acceptors (Lipinski definition) is 4. The predicted molar refractivity (Wildman–Crippen MR) is 66.0 cm³/mol. The highest BCUT2D eigenvalue weighted by Crippen LogP contribution is 2.18. The largest absolute Gasteiger partial charge is 0.488 e. The van der Waals surface area contributed by atoms with Crippen LogP contribution in [0.1, 0.15) is 13.3 Å². The molecule has 0 amide bonds. The third kappa shape index (κ3) is 4.82. The lowest BCUT2D eigenvalue weighted by atomic mass is 10.3. The van der Waals surface area contributed by atoms with Gasteiger partial charge in [-0.25, -0.2) is 8.78 Å². The summed E-state index contributed by atoms with van der Waals surface area (Å²) in [5, 5.41) is 2.91. The quantitative estimate of drug-likeness (QED) is 0.771. The Balaban J connectivity index is 2.64. The van der Waals surface area contributed by atoms with E-state index in [-0.39, 0.29) is 12.4 Å². The molecule has 0 fully saturated rings. The number of carbonyl (C=O) groups excluding carboxylic acids is 1. The van der Waals surface area contributed by atoms with Crippen molar-refractivity contribution < 1.29 is 23.0 Å². The van der Waals surface area contributed by atoms with Gasteiger partial charge in [-0.15, -0.1) is 0 Å². The first kappa shape index (κ1) is 15.4.